The number of rotatable bonds is 1. The number of hydrogen-bond acceptors (Lipinski definition) is 2. The number of fused-ring (bicyclic) bond motifs is 1. The molecule has 1 amide bonds. The van der Waals surface area contributed by atoms with Crippen molar-refractivity contribution in [2.45, 2.75) is 32.7 Å². The molecule has 0 aromatic heterocycles. The van der Waals surface area contributed by atoms with Crippen molar-refractivity contribution in [3.05, 3.63) is 29.8 Å². The molecule has 16 heavy (non-hydrogen) atoms. The van der Waals surface area contributed by atoms with Gasteiger partial charge in [-0.15, -0.1) is 0 Å². The molecule has 0 aliphatic carbocycles. The summed E-state index contributed by atoms with van der Waals surface area (Å²) < 4.78 is 5.11. The Morgan fingerprint density at radius 3 is 2.81 bits per heavy atom. The summed E-state index contributed by atoms with van der Waals surface area (Å²) in [7, 11) is 0. The number of anilines is 1. The highest BCUT2D eigenvalue weighted by atomic mass is 16.6. The molecule has 0 bridgehead atoms. The van der Waals surface area contributed by atoms with Gasteiger partial charge in [-0.1, -0.05) is 18.2 Å². The van der Waals surface area contributed by atoms with E-state index in [9.17, 15) is 4.79 Å². The Balaban J connectivity index is 2.39. The first-order valence-corrected chi connectivity index (χ1v) is 5.61. The fraction of sp³-hybridized carbons (Fsp3) is 0.462. The Bertz CT molecular complexity index is 412. The van der Waals surface area contributed by atoms with Gasteiger partial charge in [0.15, 0.2) is 0 Å². The zero-order chi connectivity index (χ0) is 11.8. The minimum absolute atomic E-state index is 0.198. The third-order valence-corrected chi connectivity index (χ3v) is 2.91. The second-order valence-electron chi connectivity index (χ2n) is 4.65. The molecule has 0 spiro atoms. The number of benzene rings is 1. The molecule has 3 heteroatoms. The van der Waals surface area contributed by atoms with Crippen molar-refractivity contribution in [3.8, 4) is 0 Å². The fourth-order valence-electron chi connectivity index (χ4n) is 2.28. The topological polar surface area (TPSA) is 29.5 Å². The summed E-state index contributed by atoms with van der Waals surface area (Å²) in [4.78, 5) is 13.7. The zero-order valence-electron chi connectivity index (χ0n) is 9.99. The average molecular weight is 219 g/mol. The van der Waals surface area contributed by atoms with Crippen molar-refractivity contribution in [1.82, 2.24) is 0 Å². The van der Waals surface area contributed by atoms with E-state index < -0.39 is 0 Å². The predicted molar refractivity (Wildman–Crippen MR) is 63.7 cm³/mol. The molecular weight excluding hydrogens is 202 g/mol. The number of carbonyl (C=O) groups excluding carboxylic acids is 1. The van der Waals surface area contributed by atoms with Crippen LogP contribution in [0.5, 0.6) is 0 Å². The second kappa shape index (κ2) is 3.81. The molecule has 86 valence electrons. The van der Waals surface area contributed by atoms with E-state index in [1.54, 1.807) is 4.90 Å². The highest BCUT2D eigenvalue weighted by molar-refractivity contribution is 5.92. The number of carbonyl (C=O) groups is 1. The van der Waals surface area contributed by atoms with Gasteiger partial charge in [0.2, 0.25) is 0 Å². The van der Waals surface area contributed by atoms with Crippen LogP contribution in [0.25, 0.3) is 0 Å². The number of hydrogen-bond donors (Lipinski definition) is 0. The molecule has 2 rings (SSSR count). The lowest BCUT2D eigenvalue weighted by Gasteiger charge is -2.31. The molecule has 1 aromatic rings. The van der Waals surface area contributed by atoms with Crippen LogP contribution in [0.1, 0.15) is 26.3 Å². The summed E-state index contributed by atoms with van der Waals surface area (Å²) in [5, 5.41) is 0. The molecule has 0 saturated carbocycles. The fourth-order valence-corrected chi connectivity index (χ4v) is 2.28. The third kappa shape index (κ3) is 1.66. The molecule has 0 N–H and O–H groups in total. The van der Waals surface area contributed by atoms with Crippen molar-refractivity contribution in [2.24, 2.45) is 0 Å². The predicted octanol–water partition coefficient (Wildman–Crippen LogP) is 2.98. The van der Waals surface area contributed by atoms with Gasteiger partial charge in [0.25, 0.3) is 0 Å². The Kier molecular flexibility index (Phi) is 2.62. The van der Waals surface area contributed by atoms with E-state index in [4.69, 9.17) is 4.74 Å². The molecule has 0 saturated heterocycles. The lowest BCUT2D eigenvalue weighted by Crippen LogP contribution is -2.45. The Labute approximate surface area is 96.0 Å². The summed E-state index contributed by atoms with van der Waals surface area (Å²) in [6, 6.07) is 7.99. The Hall–Kier alpha value is -1.51. The molecule has 1 heterocycles. The van der Waals surface area contributed by atoms with Crippen LogP contribution in [0.3, 0.4) is 0 Å². The van der Waals surface area contributed by atoms with Crippen LogP contribution < -0.4 is 4.90 Å². The SMILES string of the molecule is CCOC(=O)N1c2ccccc2CC1(C)C. The van der Waals surface area contributed by atoms with Crippen LogP contribution in [-0.4, -0.2) is 18.2 Å². The van der Waals surface area contributed by atoms with E-state index in [0.29, 0.717) is 6.61 Å². The maximum atomic E-state index is 11.9. The van der Waals surface area contributed by atoms with Crippen molar-refractivity contribution in [1.29, 1.82) is 0 Å². The average Bonchev–Trinajstić information content (AvgIpc) is 2.47. The van der Waals surface area contributed by atoms with Crippen molar-refractivity contribution in [2.75, 3.05) is 11.5 Å². The van der Waals surface area contributed by atoms with Gasteiger partial charge in [-0.2, -0.15) is 0 Å². The molecular formula is C13H17NO2. The molecule has 0 radical (unpaired) electrons. The number of amides is 1. The van der Waals surface area contributed by atoms with E-state index in [2.05, 4.69) is 19.9 Å². The lowest BCUT2D eigenvalue weighted by molar-refractivity contribution is 0.154. The minimum atomic E-state index is -0.252. The highest BCUT2D eigenvalue weighted by Gasteiger charge is 2.40. The number of para-hydroxylation sites is 1. The maximum Gasteiger partial charge on any atom is 0.414 e. The molecule has 0 atom stereocenters. The molecule has 0 unspecified atom stereocenters. The minimum Gasteiger partial charge on any atom is -0.449 e. The van der Waals surface area contributed by atoms with Gasteiger partial charge in [-0.3, -0.25) is 4.90 Å². The van der Waals surface area contributed by atoms with Gasteiger partial charge in [0.1, 0.15) is 0 Å². The molecule has 1 aliphatic rings. The lowest BCUT2D eigenvalue weighted by atomic mass is 10.00. The van der Waals surface area contributed by atoms with Gasteiger partial charge in [0, 0.05) is 5.54 Å². The summed E-state index contributed by atoms with van der Waals surface area (Å²) in [5.41, 5.74) is 1.99. The summed E-state index contributed by atoms with van der Waals surface area (Å²) in [6.07, 6.45) is 0.625. The van der Waals surface area contributed by atoms with Crippen molar-refractivity contribution in [3.63, 3.8) is 0 Å². The maximum absolute atomic E-state index is 11.9. The third-order valence-electron chi connectivity index (χ3n) is 2.91. The van der Waals surface area contributed by atoms with Crippen LogP contribution in [0.4, 0.5) is 10.5 Å². The van der Waals surface area contributed by atoms with E-state index in [-0.39, 0.29) is 11.6 Å². The van der Waals surface area contributed by atoms with Crippen LogP contribution in [0.15, 0.2) is 24.3 Å². The van der Waals surface area contributed by atoms with Crippen LogP contribution >= 0.6 is 0 Å². The first kappa shape index (κ1) is 11.0. The number of nitrogens with zero attached hydrogens (tertiary/aromatic N) is 1. The van der Waals surface area contributed by atoms with Gasteiger partial charge >= 0.3 is 6.09 Å². The van der Waals surface area contributed by atoms with E-state index >= 15 is 0 Å². The van der Waals surface area contributed by atoms with Gasteiger partial charge in [-0.05, 0) is 38.8 Å². The summed E-state index contributed by atoms with van der Waals surface area (Å²) in [5.74, 6) is 0. The Morgan fingerprint density at radius 2 is 2.12 bits per heavy atom. The van der Waals surface area contributed by atoms with Crippen molar-refractivity contribution >= 4 is 11.8 Å². The molecule has 1 aliphatic heterocycles. The largest absolute Gasteiger partial charge is 0.449 e. The zero-order valence-corrected chi connectivity index (χ0v) is 9.99. The summed E-state index contributed by atoms with van der Waals surface area (Å²) in [6.45, 7) is 6.36. The van der Waals surface area contributed by atoms with Gasteiger partial charge in [0.05, 0.1) is 12.3 Å². The van der Waals surface area contributed by atoms with Gasteiger partial charge < -0.3 is 4.74 Å². The first-order chi connectivity index (χ1) is 7.56. The van der Waals surface area contributed by atoms with Crippen LogP contribution in [-0.2, 0) is 11.2 Å². The van der Waals surface area contributed by atoms with E-state index in [0.717, 1.165) is 12.1 Å². The van der Waals surface area contributed by atoms with E-state index in [1.807, 2.05) is 25.1 Å². The van der Waals surface area contributed by atoms with Gasteiger partial charge in [-0.25, -0.2) is 4.79 Å². The van der Waals surface area contributed by atoms with E-state index in [1.165, 1.54) is 5.56 Å². The quantitative estimate of drug-likeness (QED) is 0.726. The summed E-state index contributed by atoms with van der Waals surface area (Å²) >= 11 is 0. The number of ether oxygens (including phenoxy) is 1. The van der Waals surface area contributed by atoms with Crippen molar-refractivity contribution < 1.29 is 9.53 Å². The van der Waals surface area contributed by atoms with Crippen LogP contribution in [0, 0.1) is 0 Å². The molecule has 0 fully saturated rings. The standard InChI is InChI=1S/C13H17NO2/c1-4-16-12(15)14-11-8-6-5-7-10(11)9-13(14,2)3/h5-8H,4,9H2,1-3H3. The first-order valence-electron chi connectivity index (χ1n) is 5.61. The highest BCUT2D eigenvalue weighted by Crippen LogP contribution is 2.38. The smallest absolute Gasteiger partial charge is 0.414 e. The monoisotopic (exact) mass is 219 g/mol. The second-order valence-corrected chi connectivity index (χ2v) is 4.65. The Morgan fingerprint density at radius 1 is 1.44 bits per heavy atom. The molecule has 3 nitrogen and oxygen atoms in total. The normalized spacial score (nSPS) is 17.1. The van der Waals surface area contributed by atoms with Crippen LogP contribution in [0.2, 0.25) is 0 Å². The molecule has 1 aromatic carbocycles.